The van der Waals surface area contributed by atoms with Crippen molar-refractivity contribution in [1.29, 1.82) is 0 Å². The fourth-order valence-corrected chi connectivity index (χ4v) is 5.39. The van der Waals surface area contributed by atoms with E-state index in [-0.39, 0.29) is 32.0 Å². The van der Waals surface area contributed by atoms with Crippen molar-refractivity contribution < 1.29 is 23.9 Å². The number of carbonyl (C=O) groups excluding carboxylic acids is 3. The summed E-state index contributed by atoms with van der Waals surface area (Å²) in [6.45, 7) is 2.65. The van der Waals surface area contributed by atoms with E-state index in [1.807, 2.05) is 97.9 Å². The van der Waals surface area contributed by atoms with Gasteiger partial charge in [0, 0.05) is 31.4 Å². The molecule has 1 aromatic heterocycles. The maximum absolute atomic E-state index is 14.4. The van der Waals surface area contributed by atoms with E-state index >= 15 is 0 Å². The molecule has 0 aliphatic carbocycles. The van der Waals surface area contributed by atoms with Crippen LogP contribution < -0.4 is 20.7 Å². The number of nitrogens with one attached hydrogen (secondary N) is 2. The highest BCUT2D eigenvalue weighted by molar-refractivity contribution is 5.99. The van der Waals surface area contributed by atoms with Gasteiger partial charge < -0.3 is 35.3 Å². The van der Waals surface area contributed by atoms with Gasteiger partial charge in [0.05, 0.1) is 17.7 Å². The largest absolute Gasteiger partial charge is 0.489 e. The Morgan fingerprint density at radius 1 is 0.840 bits per heavy atom. The van der Waals surface area contributed by atoms with Gasteiger partial charge in [-0.3, -0.25) is 9.59 Å². The quantitative estimate of drug-likeness (QED) is 0.111. The van der Waals surface area contributed by atoms with Crippen LogP contribution in [0.1, 0.15) is 35.7 Å². The van der Waals surface area contributed by atoms with Crippen LogP contribution in [0.4, 0.5) is 16.2 Å². The van der Waals surface area contributed by atoms with Crippen LogP contribution >= 0.6 is 0 Å². The third-order valence-corrected chi connectivity index (χ3v) is 7.94. The number of hydrogen-bond acceptors (Lipinski definition) is 7. The zero-order valence-electron chi connectivity index (χ0n) is 28.0. The van der Waals surface area contributed by atoms with Crippen LogP contribution in [0, 0.1) is 0 Å². The molecule has 4 aromatic carbocycles. The SMILES string of the molecule is CCCN(C(=O)CN(Cc1ccc(OCc2ccccc2)cc1)C(=O)C(Cc1cnc[nH]1)NC(=O)OCc1ccccc1)c1ccccc1N. The molecule has 11 nitrogen and oxygen atoms in total. The number of alkyl carbamates (subject to hydrolysis) is 1. The molecule has 3 amide bonds. The molecule has 0 bridgehead atoms. The van der Waals surface area contributed by atoms with Crippen molar-refractivity contribution in [3.05, 3.63) is 144 Å². The second-order valence-electron chi connectivity index (χ2n) is 11.8. The number of aromatic amines is 1. The Hall–Kier alpha value is -6.10. The summed E-state index contributed by atoms with van der Waals surface area (Å²) in [5.41, 5.74) is 10.5. The number of rotatable bonds is 16. The summed E-state index contributed by atoms with van der Waals surface area (Å²) < 4.78 is 11.4. The molecule has 0 spiro atoms. The van der Waals surface area contributed by atoms with Crippen LogP contribution in [0.5, 0.6) is 5.75 Å². The lowest BCUT2D eigenvalue weighted by atomic mass is 10.1. The number of nitrogens with zero attached hydrogens (tertiary/aromatic N) is 3. The monoisotopic (exact) mass is 674 g/mol. The molecule has 5 rings (SSSR count). The standard InChI is InChI=1S/C39H42N6O5/c1-2-21-45(36-16-10-9-15-34(36)40)37(46)25-44(24-29-17-19-33(20-18-29)49-26-30-11-5-3-6-12-30)38(47)35(22-32-23-41-28-42-32)43-39(48)50-27-31-13-7-4-8-14-31/h3-20,23,28,35H,2,21-22,24-27,40H2,1H3,(H,41,42)(H,43,48). The molecule has 0 aliphatic rings. The molecule has 0 fully saturated rings. The number of H-pyrrole nitrogens is 1. The van der Waals surface area contributed by atoms with E-state index in [1.54, 1.807) is 29.3 Å². The molecular weight excluding hydrogens is 632 g/mol. The number of aromatic nitrogens is 2. The van der Waals surface area contributed by atoms with Crippen LogP contribution in [-0.4, -0.2) is 51.9 Å². The smallest absolute Gasteiger partial charge is 0.408 e. The van der Waals surface area contributed by atoms with Gasteiger partial charge in [0.2, 0.25) is 11.8 Å². The Morgan fingerprint density at radius 2 is 1.50 bits per heavy atom. The van der Waals surface area contributed by atoms with E-state index in [2.05, 4.69) is 15.3 Å². The predicted octanol–water partition coefficient (Wildman–Crippen LogP) is 5.88. The summed E-state index contributed by atoms with van der Waals surface area (Å²) in [5.74, 6) is -0.112. The van der Waals surface area contributed by atoms with Crippen molar-refractivity contribution in [2.45, 2.75) is 45.6 Å². The average Bonchev–Trinajstić information content (AvgIpc) is 3.66. The molecule has 1 unspecified atom stereocenters. The molecule has 0 radical (unpaired) electrons. The number of anilines is 2. The van der Waals surface area contributed by atoms with Crippen molar-refractivity contribution in [2.75, 3.05) is 23.7 Å². The Morgan fingerprint density at radius 3 is 2.14 bits per heavy atom. The van der Waals surface area contributed by atoms with E-state index < -0.39 is 18.0 Å². The third-order valence-electron chi connectivity index (χ3n) is 7.94. The van der Waals surface area contributed by atoms with Gasteiger partial charge in [0.1, 0.15) is 31.5 Å². The lowest BCUT2D eigenvalue weighted by molar-refractivity contribution is -0.137. The number of ether oxygens (including phenoxy) is 2. The van der Waals surface area contributed by atoms with Gasteiger partial charge in [0.15, 0.2) is 0 Å². The van der Waals surface area contributed by atoms with Crippen molar-refractivity contribution in [2.24, 2.45) is 0 Å². The highest BCUT2D eigenvalue weighted by Crippen LogP contribution is 2.24. The van der Waals surface area contributed by atoms with Gasteiger partial charge in [-0.25, -0.2) is 9.78 Å². The molecule has 0 saturated carbocycles. The van der Waals surface area contributed by atoms with E-state index in [0.717, 1.165) is 16.7 Å². The van der Waals surface area contributed by atoms with Gasteiger partial charge in [0.25, 0.3) is 0 Å². The van der Waals surface area contributed by atoms with Crippen LogP contribution in [0.3, 0.4) is 0 Å². The van der Waals surface area contributed by atoms with Gasteiger partial charge in [-0.15, -0.1) is 0 Å². The van der Waals surface area contributed by atoms with Gasteiger partial charge in [-0.2, -0.15) is 0 Å². The normalized spacial score (nSPS) is 11.3. The first kappa shape index (κ1) is 35.2. The maximum Gasteiger partial charge on any atom is 0.408 e. The van der Waals surface area contributed by atoms with Crippen molar-refractivity contribution in [3.63, 3.8) is 0 Å². The first-order valence-corrected chi connectivity index (χ1v) is 16.5. The second-order valence-corrected chi connectivity index (χ2v) is 11.8. The minimum absolute atomic E-state index is 0.0308. The maximum atomic E-state index is 14.4. The van der Waals surface area contributed by atoms with Crippen molar-refractivity contribution in [3.8, 4) is 5.75 Å². The number of para-hydroxylation sites is 2. The van der Waals surface area contributed by atoms with Crippen molar-refractivity contribution >= 4 is 29.3 Å². The van der Waals surface area contributed by atoms with E-state index in [1.165, 1.54) is 11.2 Å². The number of hydrogen-bond donors (Lipinski definition) is 3. The fraction of sp³-hybridized carbons (Fsp3) is 0.231. The number of carbonyl (C=O) groups is 3. The third kappa shape index (κ3) is 10.2. The lowest BCUT2D eigenvalue weighted by Gasteiger charge is -2.31. The predicted molar refractivity (Wildman–Crippen MR) is 192 cm³/mol. The number of nitrogen functional groups attached to an aromatic ring is 1. The number of benzene rings is 4. The minimum atomic E-state index is -1.07. The first-order chi connectivity index (χ1) is 24.4. The molecular formula is C39H42N6O5. The van der Waals surface area contributed by atoms with E-state index in [9.17, 15) is 14.4 Å². The van der Waals surface area contributed by atoms with Crippen molar-refractivity contribution in [1.82, 2.24) is 20.2 Å². The summed E-state index contributed by atoms with van der Waals surface area (Å²) in [4.78, 5) is 51.6. The molecule has 1 heterocycles. The molecule has 50 heavy (non-hydrogen) atoms. The van der Waals surface area contributed by atoms with Crippen LogP contribution in [0.2, 0.25) is 0 Å². The average molecular weight is 675 g/mol. The summed E-state index contributed by atoms with van der Waals surface area (Å²) in [6.07, 6.45) is 3.10. The molecule has 5 aromatic rings. The Balaban J connectivity index is 1.38. The molecule has 4 N–H and O–H groups in total. The Bertz CT molecular complexity index is 1800. The zero-order valence-corrected chi connectivity index (χ0v) is 28.0. The molecule has 0 aliphatic heterocycles. The first-order valence-electron chi connectivity index (χ1n) is 16.5. The number of nitrogens with two attached hydrogens (primary N) is 1. The summed E-state index contributed by atoms with van der Waals surface area (Å²) in [6, 6.07) is 32.6. The number of amides is 3. The second kappa shape index (κ2) is 17.9. The van der Waals surface area contributed by atoms with Gasteiger partial charge in [-0.05, 0) is 47.4 Å². The molecule has 0 saturated heterocycles. The summed E-state index contributed by atoms with van der Waals surface area (Å²) in [7, 11) is 0. The molecule has 11 heteroatoms. The summed E-state index contributed by atoms with van der Waals surface area (Å²) in [5, 5.41) is 2.74. The van der Waals surface area contributed by atoms with E-state index in [4.69, 9.17) is 15.2 Å². The lowest BCUT2D eigenvalue weighted by Crippen LogP contribution is -2.52. The van der Waals surface area contributed by atoms with E-state index in [0.29, 0.717) is 42.4 Å². The summed E-state index contributed by atoms with van der Waals surface area (Å²) >= 11 is 0. The Labute approximate surface area is 292 Å². The van der Waals surface area contributed by atoms with Gasteiger partial charge in [-0.1, -0.05) is 91.9 Å². The van der Waals surface area contributed by atoms with Crippen LogP contribution in [0.15, 0.2) is 122 Å². The topological polar surface area (TPSA) is 143 Å². The van der Waals surface area contributed by atoms with Gasteiger partial charge >= 0.3 is 6.09 Å². The fourth-order valence-electron chi connectivity index (χ4n) is 5.39. The highest BCUT2D eigenvalue weighted by atomic mass is 16.5. The molecule has 258 valence electrons. The zero-order chi connectivity index (χ0) is 35.1. The highest BCUT2D eigenvalue weighted by Gasteiger charge is 2.30. The van der Waals surface area contributed by atoms with Crippen LogP contribution in [-0.2, 0) is 40.5 Å². The molecule has 1 atom stereocenters. The Kier molecular flexibility index (Phi) is 12.6. The number of imidazole rings is 1. The van der Waals surface area contributed by atoms with Crippen LogP contribution in [0.25, 0.3) is 0 Å². The minimum Gasteiger partial charge on any atom is -0.489 e.